The summed E-state index contributed by atoms with van der Waals surface area (Å²) in [5.41, 5.74) is 1.44. The molecule has 1 radical (unpaired) electrons. The first kappa shape index (κ1) is 11.4. The van der Waals surface area contributed by atoms with E-state index in [9.17, 15) is 0 Å². The minimum absolute atomic E-state index is 0.251. The Morgan fingerprint density at radius 1 is 1.21 bits per heavy atom. The fourth-order valence-electron chi connectivity index (χ4n) is 2.40. The molecule has 0 aromatic heterocycles. The fraction of sp³-hybridized carbons (Fsp3) is 0.538. The van der Waals surface area contributed by atoms with Gasteiger partial charge in [0.25, 0.3) is 0 Å². The molecule has 0 saturated heterocycles. The number of benzene rings is 1. The van der Waals surface area contributed by atoms with Crippen molar-refractivity contribution in [1.82, 2.24) is 0 Å². The molecule has 0 saturated carbocycles. The molecule has 1 heteroatoms. The largest absolute Gasteiger partial charge is 0.120 e. The van der Waals surface area contributed by atoms with Crippen LogP contribution in [0.2, 0.25) is 6.82 Å². The average Bonchev–Trinajstić information content (AvgIpc) is 2.22. The van der Waals surface area contributed by atoms with Crippen molar-refractivity contribution in [2.24, 2.45) is 5.92 Å². The summed E-state index contributed by atoms with van der Waals surface area (Å²) in [6.07, 6.45) is 1.17. The third-order valence-electron chi connectivity index (χ3n) is 3.44. The van der Waals surface area contributed by atoms with Gasteiger partial charge < -0.3 is 0 Å². The van der Waals surface area contributed by atoms with Gasteiger partial charge >= 0.3 is 0 Å². The summed E-state index contributed by atoms with van der Waals surface area (Å²) in [5, 5.41) is 0.251. The molecule has 0 aliphatic heterocycles. The Hall–Kier alpha value is -0.715. The van der Waals surface area contributed by atoms with Gasteiger partial charge in [0.1, 0.15) is 7.28 Å². The van der Waals surface area contributed by atoms with Gasteiger partial charge in [-0.05, 0) is 16.8 Å². The van der Waals surface area contributed by atoms with E-state index in [0.717, 1.165) is 0 Å². The van der Waals surface area contributed by atoms with E-state index in [1.807, 2.05) is 0 Å². The molecule has 0 heterocycles. The highest BCUT2D eigenvalue weighted by molar-refractivity contribution is 6.38. The summed E-state index contributed by atoms with van der Waals surface area (Å²) in [4.78, 5) is 0. The maximum atomic E-state index is 2.35. The molecule has 1 unspecified atom stereocenters. The molecule has 0 amide bonds. The molecule has 14 heavy (non-hydrogen) atoms. The molecule has 0 aliphatic carbocycles. The highest BCUT2D eigenvalue weighted by atomic mass is 14.3. The summed E-state index contributed by atoms with van der Waals surface area (Å²) < 4.78 is 0. The van der Waals surface area contributed by atoms with Crippen LogP contribution in [0.1, 0.15) is 32.8 Å². The Kier molecular flexibility index (Phi) is 3.80. The SMILES string of the molecule is C[B]C(CC)(c1ccccc1)C(C)C. The van der Waals surface area contributed by atoms with Gasteiger partial charge in [-0.1, -0.05) is 64.3 Å². The van der Waals surface area contributed by atoms with Crippen LogP contribution in [0.5, 0.6) is 0 Å². The van der Waals surface area contributed by atoms with Gasteiger partial charge in [0.15, 0.2) is 0 Å². The van der Waals surface area contributed by atoms with Gasteiger partial charge in [0.2, 0.25) is 0 Å². The number of rotatable bonds is 4. The van der Waals surface area contributed by atoms with Crippen molar-refractivity contribution in [3.8, 4) is 0 Å². The second-order valence-electron chi connectivity index (χ2n) is 4.20. The van der Waals surface area contributed by atoms with Crippen molar-refractivity contribution in [2.45, 2.75) is 39.3 Å². The Morgan fingerprint density at radius 2 is 1.79 bits per heavy atom. The van der Waals surface area contributed by atoms with Crippen molar-refractivity contribution in [3.63, 3.8) is 0 Å². The number of hydrogen-bond donors (Lipinski definition) is 0. The zero-order valence-electron chi connectivity index (χ0n) is 9.75. The van der Waals surface area contributed by atoms with Crippen molar-refractivity contribution in [3.05, 3.63) is 35.9 Å². The van der Waals surface area contributed by atoms with Crippen molar-refractivity contribution in [1.29, 1.82) is 0 Å². The highest BCUT2D eigenvalue weighted by Gasteiger charge is 2.31. The maximum Gasteiger partial charge on any atom is 0.120 e. The van der Waals surface area contributed by atoms with E-state index in [0.29, 0.717) is 5.92 Å². The zero-order chi connectivity index (χ0) is 10.6. The minimum Gasteiger partial charge on any atom is -0.0911 e. The standard InChI is InChI=1S/C13H20B/c1-5-13(14-4,11(2)3)12-9-7-6-8-10-12/h6-11H,5H2,1-4H3. The van der Waals surface area contributed by atoms with Crippen LogP contribution in [0, 0.1) is 5.92 Å². The van der Waals surface area contributed by atoms with E-state index in [4.69, 9.17) is 0 Å². The maximum absolute atomic E-state index is 2.35. The molecule has 0 N–H and O–H groups in total. The molecule has 1 rings (SSSR count). The normalized spacial score (nSPS) is 15.2. The van der Waals surface area contributed by atoms with Gasteiger partial charge in [0.05, 0.1) is 0 Å². The van der Waals surface area contributed by atoms with E-state index in [1.165, 1.54) is 12.0 Å². The van der Waals surface area contributed by atoms with E-state index >= 15 is 0 Å². The molecule has 0 fully saturated rings. The smallest absolute Gasteiger partial charge is 0.0911 e. The summed E-state index contributed by atoms with van der Waals surface area (Å²) in [6.45, 7) is 9.05. The van der Waals surface area contributed by atoms with Crippen molar-refractivity contribution < 1.29 is 0 Å². The van der Waals surface area contributed by atoms with Crippen LogP contribution < -0.4 is 0 Å². The second kappa shape index (κ2) is 4.68. The molecule has 1 aromatic carbocycles. The molecule has 1 aromatic rings. The van der Waals surface area contributed by atoms with Crippen LogP contribution in [0.25, 0.3) is 0 Å². The van der Waals surface area contributed by atoms with E-state index in [2.05, 4.69) is 65.2 Å². The Balaban J connectivity index is 3.11. The Labute approximate surface area is 89.0 Å². The monoisotopic (exact) mass is 187 g/mol. The van der Waals surface area contributed by atoms with Gasteiger partial charge in [-0.3, -0.25) is 0 Å². The van der Waals surface area contributed by atoms with Crippen LogP contribution in [0.3, 0.4) is 0 Å². The fourth-order valence-corrected chi connectivity index (χ4v) is 2.40. The second-order valence-corrected chi connectivity index (χ2v) is 4.20. The van der Waals surface area contributed by atoms with Crippen LogP contribution in [0.15, 0.2) is 30.3 Å². The lowest BCUT2D eigenvalue weighted by Crippen LogP contribution is -2.36. The van der Waals surface area contributed by atoms with Gasteiger partial charge in [-0.25, -0.2) is 0 Å². The van der Waals surface area contributed by atoms with Crippen LogP contribution >= 0.6 is 0 Å². The minimum atomic E-state index is 0.251. The lowest BCUT2D eigenvalue weighted by molar-refractivity contribution is 0.418. The lowest BCUT2D eigenvalue weighted by atomic mass is 9.45. The zero-order valence-corrected chi connectivity index (χ0v) is 9.75. The number of hydrogen-bond acceptors (Lipinski definition) is 0. The van der Waals surface area contributed by atoms with Gasteiger partial charge in [-0.15, -0.1) is 0 Å². The molecule has 0 bridgehead atoms. The van der Waals surface area contributed by atoms with E-state index < -0.39 is 0 Å². The third kappa shape index (κ3) is 1.87. The first-order valence-corrected chi connectivity index (χ1v) is 5.53. The van der Waals surface area contributed by atoms with Crippen molar-refractivity contribution in [2.75, 3.05) is 0 Å². The highest BCUT2D eigenvalue weighted by Crippen LogP contribution is 2.34. The van der Waals surface area contributed by atoms with Crippen LogP contribution in [-0.2, 0) is 5.31 Å². The summed E-state index contributed by atoms with van der Waals surface area (Å²) in [5.74, 6) is 0.653. The summed E-state index contributed by atoms with van der Waals surface area (Å²) >= 11 is 0. The Morgan fingerprint density at radius 3 is 2.14 bits per heavy atom. The predicted molar refractivity (Wildman–Crippen MR) is 64.9 cm³/mol. The molecule has 0 nitrogen and oxygen atoms in total. The summed E-state index contributed by atoms with van der Waals surface area (Å²) in [7, 11) is 2.35. The first-order valence-electron chi connectivity index (χ1n) is 5.53. The van der Waals surface area contributed by atoms with Gasteiger partial charge in [0, 0.05) is 0 Å². The lowest BCUT2D eigenvalue weighted by Gasteiger charge is -2.36. The third-order valence-corrected chi connectivity index (χ3v) is 3.44. The molecular weight excluding hydrogens is 167 g/mol. The molecule has 1 atom stereocenters. The van der Waals surface area contributed by atoms with E-state index in [1.54, 1.807) is 0 Å². The topological polar surface area (TPSA) is 0 Å². The molecule has 75 valence electrons. The summed E-state index contributed by atoms with van der Waals surface area (Å²) in [6, 6.07) is 10.8. The quantitative estimate of drug-likeness (QED) is 0.630. The first-order chi connectivity index (χ1) is 6.67. The Bertz CT molecular complexity index is 260. The van der Waals surface area contributed by atoms with Crippen LogP contribution in [0.4, 0.5) is 0 Å². The predicted octanol–water partition coefficient (Wildman–Crippen LogP) is 3.70. The van der Waals surface area contributed by atoms with E-state index in [-0.39, 0.29) is 5.31 Å². The molecular formula is C13H20B. The molecule has 0 spiro atoms. The molecule has 0 aliphatic rings. The van der Waals surface area contributed by atoms with Crippen LogP contribution in [-0.4, -0.2) is 7.28 Å². The van der Waals surface area contributed by atoms with Gasteiger partial charge in [-0.2, -0.15) is 0 Å². The average molecular weight is 187 g/mol. The van der Waals surface area contributed by atoms with Crippen molar-refractivity contribution >= 4 is 7.28 Å².